The molecule has 0 aromatic rings. The van der Waals surface area contributed by atoms with Gasteiger partial charge in [-0.2, -0.15) is 0 Å². The van der Waals surface area contributed by atoms with E-state index in [0.29, 0.717) is 0 Å². The van der Waals surface area contributed by atoms with E-state index in [1.807, 2.05) is 0 Å². The summed E-state index contributed by atoms with van der Waals surface area (Å²) in [6.07, 6.45) is 2.63. The molecule has 0 aromatic carbocycles. The van der Waals surface area contributed by atoms with Gasteiger partial charge in [-0.25, -0.2) is 0 Å². The van der Waals surface area contributed by atoms with Gasteiger partial charge in [-0.1, -0.05) is 6.42 Å². The van der Waals surface area contributed by atoms with Crippen LogP contribution in [-0.2, 0) is 9.59 Å². The molecular weight excluding hydrogens is 170 g/mol. The molecule has 4 heteroatoms. The van der Waals surface area contributed by atoms with E-state index in [0.717, 1.165) is 25.8 Å². The summed E-state index contributed by atoms with van der Waals surface area (Å²) in [7, 11) is 1.74. The first-order valence-electron chi connectivity index (χ1n) is 4.58. The Bertz CT molecular complexity index is 215. The lowest BCUT2D eigenvalue weighted by molar-refractivity contribution is -0.143. The molecule has 1 amide bonds. The van der Waals surface area contributed by atoms with E-state index >= 15 is 0 Å². The molecule has 0 unspecified atom stereocenters. The van der Waals surface area contributed by atoms with Gasteiger partial charge in [0.1, 0.15) is 0 Å². The van der Waals surface area contributed by atoms with Crippen LogP contribution < -0.4 is 0 Å². The van der Waals surface area contributed by atoms with Gasteiger partial charge in [0.2, 0.25) is 5.91 Å². The summed E-state index contributed by atoms with van der Waals surface area (Å²) in [6, 6.07) is 0. The summed E-state index contributed by atoms with van der Waals surface area (Å²) in [5, 5.41) is 8.59. The molecule has 4 nitrogen and oxygen atoms in total. The van der Waals surface area contributed by atoms with Crippen LogP contribution in [0, 0.1) is 5.92 Å². The van der Waals surface area contributed by atoms with Crippen LogP contribution in [0.1, 0.15) is 25.7 Å². The molecule has 1 heterocycles. The van der Waals surface area contributed by atoms with Crippen LogP contribution in [0.2, 0.25) is 0 Å². The smallest absolute Gasteiger partial charge is 0.304 e. The van der Waals surface area contributed by atoms with Gasteiger partial charge >= 0.3 is 5.97 Å². The number of aliphatic carboxylic acids is 1. The number of carboxylic acid groups (broad SMARTS) is 1. The van der Waals surface area contributed by atoms with Gasteiger partial charge in [0, 0.05) is 19.5 Å². The van der Waals surface area contributed by atoms with Crippen molar-refractivity contribution in [2.75, 3.05) is 13.6 Å². The fraction of sp³-hybridized carbons (Fsp3) is 0.778. The van der Waals surface area contributed by atoms with Crippen molar-refractivity contribution in [3.63, 3.8) is 0 Å². The van der Waals surface area contributed by atoms with E-state index in [2.05, 4.69) is 0 Å². The monoisotopic (exact) mass is 185 g/mol. The second-order valence-electron chi connectivity index (χ2n) is 3.55. The summed E-state index contributed by atoms with van der Waals surface area (Å²) in [6.45, 7) is 0.759. The summed E-state index contributed by atoms with van der Waals surface area (Å²) in [5.41, 5.74) is 0. The third-order valence-electron chi connectivity index (χ3n) is 2.44. The average molecular weight is 185 g/mol. The van der Waals surface area contributed by atoms with Gasteiger partial charge in [-0.15, -0.1) is 0 Å². The number of carboxylic acids is 1. The largest absolute Gasteiger partial charge is 0.481 e. The molecule has 0 radical (unpaired) electrons. The molecule has 0 bridgehead atoms. The Morgan fingerprint density at radius 3 is 2.92 bits per heavy atom. The fourth-order valence-corrected chi connectivity index (χ4v) is 1.69. The predicted octanol–water partition coefficient (Wildman–Crippen LogP) is 0.720. The maximum Gasteiger partial charge on any atom is 0.304 e. The van der Waals surface area contributed by atoms with Crippen LogP contribution in [0.15, 0.2) is 0 Å². The quantitative estimate of drug-likeness (QED) is 0.689. The first-order chi connectivity index (χ1) is 6.11. The molecule has 0 spiro atoms. The van der Waals surface area contributed by atoms with E-state index < -0.39 is 5.97 Å². The zero-order valence-electron chi connectivity index (χ0n) is 7.82. The molecule has 1 rings (SSSR count). The lowest BCUT2D eigenvalue weighted by Gasteiger charge is -2.18. The third kappa shape index (κ3) is 2.72. The Kier molecular flexibility index (Phi) is 3.28. The first kappa shape index (κ1) is 10.0. The van der Waals surface area contributed by atoms with Gasteiger partial charge in [0.05, 0.1) is 6.42 Å². The molecule has 0 aliphatic carbocycles. The molecule has 0 saturated carbocycles. The normalized spacial score (nSPS) is 24.2. The molecule has 13 heavy (non-hydrogen) atoms. The molecule has 1 atom stereocenters. The van der Waals surface area contributed by atoms with Crippen LogP contribution in [0.4, 0.5) is 0 Å². The van der Waals surface area contributed by atoms with Gasteiger partial charge in [-0.3, -0.25) is 9.59 Å². The molecule has 1 N–H and O–H groups in total. The van der Waals surface area contributed by atoms with Crippen molar-refractivity contribution in [3.05, 3.63) is 0 Å². The van der Waals surface area contributed by atoms with E-state index in [4.69, 9.17) is 5.11 Å². The number of nitrogens with zero attached hydrogens (tertiary/aromatic N) is 1. The van der Waals surface area contributed by atoms with Gasteiger partial charge in [0.25, 0.3) is 0 Å². The van der Waals surface area contributed by atoms with Crippen molar-refractivity contribution in [2.45, 2.75) is 25.7 Å². The number of likely N-dealkylation sites (tertiary alicyclic amines) is 1. The van der Waals surface area contributed by atoms with Gasteiger partial charge in [-0.05, 0) is 12.8 Å². The van der Waals surface area contributed by atoms with Gasteiger partial charge < -0.3 is 10.0 Å². The highest BCUT2D eigenvalue weighted by molar-refractivity contribution is 5.83. The van der Waals surface area contributed by atoms with Crippen molar-refractivity contribution in [2.24, 2.45) is 5.92 Å². The maximum absolute atomic E-state index is 11.5. The van der Waals surface area contributed by atoms with E-state index in [9.17, 15) is 9.59 Å². The zero-order chi connectivity index (χ0) is 9.84. The van der Waals surface area contributed by atoms with Crippen LogP contribution in [-0.4, -0.2) is 35.5 Å². The fourth-order valence-electron chi connectivity index (χ4n) is 1.69. The molecule has 74 valence electrons. The van der Waals surface area contributed by atoms with Crippen LogP contribution in [0.5, 0.6) is 0 Å². The molecule has 1 aliphatic rings. The minimum Gasteiger partial charge on any atom is -0.481 e. The third-order valence-corrected chi connectivity index (χ3v) is 2.44. The second kappa shape index (κ2) is 4.25. The molecule has 0 aromatic heterocycles. The summed E-state index contributed by atoms with van der Waals surface area (Å²) < 4.78 is 0. The maximum atomic E-state index is 11.5. The highest BCUT2D eigenvalue weighted by atomic mass is 16.4. The number of carbonyl (C=O) groups excluding carboxylic acids is 1. The first-order valence-corrected chi connectivity index (χ1v) is 4.58. The number of hydrogen-bond acceptors (Lipinski definition) is 2. The van der Waals surface area contributed by atoms with Crippen LogP contribution in [0.3, 0.4) is 0 Å². The molecule has 1 fully saturated rings. The highest BCUT2D eigenvalue weighted by Crippen LogP contribution is 2.19. The van der Waals surface area contributed by atoms with Crippen molar-refractivity contribution in [1.29, 1.82) is 0 Å². The zero-order valence-corrected chi connectivity index (χ0v) is 7.82. The second-order valence-corrected chi connectivity index (χ2v) is 3.55. The van der Waals surface area contributed by atoms with E-state index in [1.54, 1.807) is 11.9 Å². The van der Waals surface area contributed by atoms with Gasteiger partial charge in [0.15, 0.2) is 0 Å². The number of carbonyl (C=O) groups is 2. The molecule has 1 aliphatic heterocycles. The highest BCUT2D eigenvalue weighted by Gasteiger charge is 2.26. The lowest BCUT2D eigenvalue weighted by Crippen LogP contribution is -2.32. The molecule has 1 saturated heterocycles. The minimum absolute atomic E-state index is 0.0140. The number of hydrogen-bond donors (Lipinski definition) is 1. The van der Waals surface area contributed by atoms with Crippen LogP contribution >= 0.6 is 0 Å². The van der Waals surface area contributed by atoms with Crippen molar-refractivity contribution >= 4 is 11.9 Å². The Labute approximate surface area is 77.5 Å². The standard InChI is InChI=1S/C9H15NO3/c1-10-5-3-2-4-7(9(10)13)6-8(11)12/h7H,2-6H2,1H3,(H,11,12)/t7-/m0/s1. The SMILES string of the molecule is CN1CCCC[C@@H](CC(=O)O)C1=O. The predicted molar refractivity (Wildman–Crippen MR) is 47.2 cm³/mol. The number of amides is 1. The Hall–Kier alpha value is -1.06. The lowest BCUT2D eigenvalue weighted by atomic mass is 9.99. The topological polar surface area (TPSA) is 57.6 Å². The summed E-state index contributed by atoms with van der Waals surface area (Å²) in [4.78, 5) is 23.6. The Morgan fingerprint density at radius 1 is 1.62 bits per heavy atom. The summed E-state index contributed by atoms with van der Waals surface area (Å²) in [5.74, 6) is -1.20. The Morgan fingerprint density at radius 2 is 2.31 bits per heavy atom. The Balaban J connectivity index is 2.59. The minimum atomic E-state index is -0.881. The van der Waals surface area contributed by atoms with Crippen molar-refractivity contribution < 1.29 is 14.7 Å². The van der Waals surface area contributed by atoms with Crippen molar-refractivity contribution in [1.82, 2.24) is 4.90 Å². The van der Waals surface area contributed by atoms with E-state index in [1.165, 1.54) is 0 Å². The summed E-state index contributed by atoms with van der Waals surface area (Å²) >= 11 is 0. The number of rotatable bonds is 2. The van der Waals surface area contributed by atoms with Crippen molar-refractivity contribution in [3.8, 4) is 0 Å². The van der Waals surface area contributed by atoms with E-state index in [-0.39, 0.29) is 18.2 Å². The average Bonchev–Trinajstić information content (AvgIpc) is 2.19. The molecular formula is C9H15NO3. The van der Waals surface area contributed by atoms with Crippen LogP contribution in [0.25, 0.3) is 0 Å².